The maximum absolute atomic E-state index is 3.74. The quantitative estimate of drug-likeness (QED) is 0.693. The zero-order valence-electron chi connectivity index (χ0n) is 9.09. The van der Waals surface area contributed by atoms with E-state index in [1.807, 2.05) is 0 Å². The highest BCUT2D eigenvalue weighted by atomic mass is 79.9. The molecule has 0 aliphatic carbocycles. The Morgan fingerprint density at radius 3 is 2.77 bits per heavy atom. The summed E-state index contributed by atoms with van der Waals surface area (Å²) in [5.74, 6) is 0.813. The van der Waals surface area contributed by atoms with E-state index in [4.69, 9.17) is 0 Å². The molecule has 78 valence electrons. The zero-order valence-corrected chi connectivity index (χ0v) is 10.7. The molecular weight excluding hydrogens is 226 g/mol. The van der Waals surface area contributed by atoms with E-state index in [1.165, 1.54) is 32.4 Å². The molecule has 13 heavy (non-hydrogen) atoms. The van der Waals surface area contributed by atoms with Gasteiger partial charge in [0, 0.05) is 17.4 Å². The Bertz CT molecular complexity index is 149. The number of hydrogen-bond acceptors (Lipinski definition) is 1. The molecule has 0 bridgehead atoms. The van der Waals surface area contributed by atoms with Gasteiger partial charge in [0.25, 0.3) is 0 Å². The molecule has 0 spiro atoms. The molecule has 3 atom stereocenters. The summed E-state index contributed by atoms with van der Waals surface area (Å²) in [7, 11) is 0. The van der Waals surface area contributed by atoms with Crippen LogP contribution in [0.3, 0.4) is 0 Å². The van der Waals surface area contributed by atoms with Crippen LogP contribution in [0.2, 0.25) is 0 Å². The molecule has 0 amide bonds. The number of rotatable bonds is 3. The Morgan fingerprint density at radius 2 is 2.23 bits per heavy atom. The molecule has 1 saturated heterocycles. The van der Waals surface area contributed by atoms with E-state index in [-0.39, 0.29) is 0 Å². The first-order valence-corrected chi connectivity index (χ1v) is 6.44. The Hall–Kier alpha value is 0.440. The predicted octanol–water partition coefficient (Wildman–Crippen LogP) is 3.28. The third kappa shape index (κ3) is 3.25. The van der Waals surface area contributed by atoms with E-state index < -0.39 is 0 Å². The van der Waals surface area contributed by atoms with Gasteiger partial charge in [0.2, 0.25) is 0 Å². The van der Waals surface area contributed by atoms with Crippen molar-refractivity contribution in [3.8, 4) is 0 Å². The van der Waals surface area contributed by atoms with Crippen molar-refractivity contribution < 1.29 is 0 Å². The third-order valence-electron chi connectivity index (χ3n) is 3.16. The normalized spacial score (nSPS) is 33.2. The lowest BCUT2D eigenvalue weighted by atomic mass is 9.98. The standard InChI is InChI=1S/C11H22BrN/c1-4-5-10(3)13-7-6-11(12)9(2)8-13/h9-11H,4-8H2,1-3H3. The molecule has 1 heterocycles. The zero-order chi connectivity index (χ0) is 9.84. The number of alkyl halides is 1. The van der Waals surface area contributed by atoms with Crippen molar-refractivity contribution in [2.75, 3.05) is 13.1 Å². The summed E-state index contributed by atoms with van der Waals surface area (Å²) >= 11 is 3.74. The fourth-order valence-corrected chi connectivity index (χ4v) is 2.52. The second-order valence-electron chi connectivity index (χ2n) is 4.41. The molecule has 1 rings (SSSR count). The highest BCUT2D eigenvalue weighted by molar-refractivity contribution is 9.09. The van der Waals surface area contributed by atoms with Crippen molar-refractivity contribution in [2.24, 2.45) is 5.92 Å². The lowest BCUT2D eigenvalue weighted by Crippen LogP contribution is -2.44. The molecule has 1 aliphatic rings. The second-order valence-corrected chi connectivity index (χ2v) is 5.59. The van der Waals surface area contributed by atoms with Crippen molar-refractivity contribution in [1.29, 1.82) is 0 Å². The average Bonchev–Trinajstić information content (AvgIpc) is 2.10. The van der Waals surface area contributed by atoms with Gasteiger partial charge in [-0.3, -0.25) is 0 Å². The molecule has 0 aromatic rings. The van der Waals surface area contributed by atoms with E-state index in [9.17, 15) is 0 Å². The van der Waals surface area contributed by atoms with E-state index >= 15 is 0 Å². The summed E-state index contributed by atoms with van der Waals surface area (Å²) in [6.45, 7) is 9.55. The smallest absolute Gasteiger partial charge is 0.0195 e. The summed E-state index contributed by atoms with van der Waals surface area (Å²) in [6, 6.07) is 0.785. The first-order chi connectivity index (χ1) is 6.15. The first-order valence-electron chi connectivity index (χ1n) is 5.53. The van der Waals surface area contributed by atoms with Crippen molar-refractivity contribution in [3.63, 3.8) is 0 Å². The van der Waals surface area contributed by atoms with Crippen LogP contribution in [-0.4, -0.2) is 28.9 Å². The predicted molar refractivity (Wildman–Crippen MR) is 62.4 cm³/mol. The van der Waals surface area contributed by atoms with Crippen molar-refractivity contribution in [1.82, 2.24) is 4.90 Å². The fraction of sp³-hybridized carbons (Fsp3) is 1.00. The highest BCUT2D eigenvalue weighted by Gasteiger charge is 2.25. The summed E-state index contributed by atoms with van der Waals surface area (Å²) in [4.78, 5) is 3.39. The second kappa shape index (κ2) is 5.35. The van der Waals surface area contributed by atoms with Gasteiger partial charge >= 0.3 is 0 Å². The average molecular weight is 248 g/mol. The number of likely N-dealkylation sites (tertiary alicyclic amines) is 1. The highest BCUT2D eigenvalue weighted by Crippen LogP contribution is 2.25. The fourth-order valence-electron chi connectivity index (χ4n) is 2.15. The molecule has 2 heteroatoms. The van der Waals surface area contributed by atoms with E-state index in [0.29, 0.717) is 0 Å². The summed E-state index contributed by atoms with van der Waals surface area (Å²) in [5, 5.41) is 0. The van der Waals surface area contributed by atoms with Gasteiger partial charge in [0.05, 0.1) is 0 Å². The minimum absolute atomic E-state index is 0.748. The van der Waals surface area contributed by atoms with Crippen LogP contribution in [-0.2, 0) is 0 Å². The van der Waals surface area contributed by atoms with Gasteiger partial charge in [0.15, 0.2) is 0 Å². The molecule has 0 saturated carbocycles. The maximum atomic E-state index is 3.74. The summed E-state index contributed by atoms with van der Waals surface area (Å²) in [5.41, 5.74) is 0. The van der Waals surface area contributed by atoms with Crippen LogP contribution in [0.1, 0.15) is 40.0 Å². The minimum atomic E-state index is 0.748. The maximum Gasteiger partial charge on any atom is 0.0195 e. The van der Waals surface area contributed by atoms with Gasteiger partial charge in [-0.05, 0) is 32.2 Å². The van der Waals surface area contributed by atoms with Crippen LogP contribution in [0.4, 0.5) is 0 Å². The van der Waals surface area contributed by atoms with Crippen molar-refractivity contribution >= 4 is 15.9 Å². The molecule has 1 aliphatic heterocycles. The number of halogens is 1. The van der Waals surface area contributed by atoms with Crippen molar-refractivity contribution in [3.05, 3.63) is 0 Å². The summed E-state index contributed by atoms with van der Waals surface area (Å²) in [6.07, 6.45) is 3.97. The van der Waals surface area contributed by atoms with Crippen LogP contribution in [0.5, 0.6) is 0 Å². The SMILES string of the molecule is CCCC(C)N1CCC(Br)C(C)C1. The van der Waals surface area contributed by atoms with Crippen LogP contribution in [0.25, 0.3) is 0 Å². The van der Waals surface area contributed by atoms with E-state index in [2.05, 4.69) is 41.6 Å². The lowest BCUT2D eigenvalue weighted by molar-refractivity contribution is 0.138. The van der Waals surface area contributed by atoms with Gasteiger partial charge in [-0.25, -0.2) is 0 Å². The molecule has 3 unspecified atom stereocenters. The third-order valence-corrected chi connectivity index (χ3v) is 4.52. The first kappa shape index (κ1) is 11.5. The Kier molecular flexibility index (Phi) is 4.74. The Morgan fingerprint density at radius 1 is 1.54 bits per heavy atom. The number of piperidine rings is 1. The van der Waals surface area contributed by atoms with Crippen LogP contribution in [0, 0.1) is 5.92 Å². The molecule has 0 N–H and O–H groups in total. The topological polar surface area (TPSA) is 3.24 Å². The molecule has 0 aromatic heterocycles. The van der Waals surface area contributed by atoms with Crippen LogP contribution >= 0.6 is 15.9 Å². The van der Waals surface area contributed by atoms with Crippen molar-refractivity contribution in [2.45, 2.75) is 50.9 Å². The van der Waals surface area contributed by atoms with E-state index in [0.717, 1.165) is 16.8 Å². The lowest BCUT2D eigenvalue weighted by Gasteiger charge is -2.38. The molecule has 1 nitrogen and oxygen atoms in total. The number of hydrogen-bond donors (Lipinski definition) is 0. The van der Waals surface area contributed by atoms with Crippen LogP contribution in [0.15, 0.2) is 0 Å². The van der Waals surface area contributed by atoms with Gasteiger partial charge in [-0.1, -0.05) is 36.2 Å². The van der Waals surface area contributed by atoms with E-state index in [1.54, 1.807) is 0 Å². The Balaban J connectivity index is 2.36. The van der Waals surface area contributed by atoms with Gasteiger partial charge in [-0.2, -0.15) is 0 Å². The summed E-state index contributed by atoms with van der Waals surface area (Å²) < 4.78 is 0. The Labute approximate surface area is 91.0 Å². The number of nitrogens with zero attached hydrogens (tertiary/aromatic N) is 1. The largest absolute Gasteiger partial charge is 0.300 e. The van der Waals surface area contributed by atoms with Gasteiger partial charge in [0.1, 0.15) is 0 Å². The minimum Gasteiger partial charge on any atom is -0.300 e. The molecule has 0 radical (unpaired) electrons. The van der Waals surface area contributed by atoms with Gasteiger partial charge < -0.3 is 4.90 Å². The van der Waals surface area contributed by atoms with Gasteiger partial charge in [-0.15, -0.1) is 0 Å². The molecule has 0 aromatic carbocycles. The molecule has 1 fully saturated rings. The molecular formula is C11H22BrN. The monoisotopic (exact) mass is 247 g/mol. The van der Waals surface area contributed by atoms with Crippen LogP contribution < -0.4 is 0 Å².